The Morgan fingerprint density at radius 1 is 0.821 bits per heavy atom. The third-order valence-electron chi connectivity index (χ3n) is 5.62. The molecule has 1 aliphatic carbocycles. The van der Waals surface area contributed by atoms with Crippen molar-refractivity contribution in [1.82, 2.24) is 4.98 Å². The van der Waals surface area contributed by atoms with Crippen LogP contribution in [0.5, 0.6) is 0 Å². The zero-order valence-electron chi connectivity index (χ0n) is 16.1. The van der Waals surface area contributed by atoms with Crippen molar-refractivity contribution in [1.29, 1.82) is 0 Å². The predicted molar refractivity (Wildman–Crippen MR) is 114 cm³/mol. The van der Waals surface area contributed by atoms with Crippen LogP contribution in [0.1, 0.15) is 65.1 Å². The molecule has 0 bridgehead atoms. The number of aromatic nitrogens is 1. The number of carbonyl (C=O) groups excluding carboxylic acids is 1. The number of carbonyl (C=O) groups is 1. The normalized spacial score (nSPS) is 14.6. The number of nitrogens with one attached hydrogen (secondary N) is 1. The van der Waals surface area contributed by atoms with Gasteiger partial charge in [-0.2, -0.15) is 0 Å². The fourth-order valence-corrected chi connectivity index (χ4v) is 3.99. The fourth-order valence-electron chi connectivity index (χ4n) is 3.99. The van der Waals surface area contributed by atoms with Crippen molar-refractivity contribution in [3.8, 4) is 0 Å². The second kappa shape index (κ2) is 8.83. The third kappa shape index (κ3) is 4.66. The van der Waals surface area contributed by atoms with E-state index in [1.165, 1.54) is 48.8 Å². The maximum Gasteiger partial charge on any atom is 0.255 e. The lowest BCUT2D eigenvalue weighted by molar-refractivity contribution is 0.102. The highest BCUT2D eigenvalue weighted by Gasteiger charge is 2.16. The lowest BCUT2D eigenvalue weighted by Gasteiger charge is -2.22. The second-order valence-corrected chi connectivity index (χ2v) is 7.64. The molecule has 1 heterocycles. The van der Waals surface area contributed by atoms with Gasteiger partial charge in [0.25, 0.3) is 5.91 Å². The molecule has 0 atom stereocenters. The van der Waals surface area contributed by atoms with Gasteiger partial charge < -0.3 is 5.32 Å². The highest BCUT2D eigenvalue weighted by Crippen LogP contribution is 2.32. The summed E-state index contributed by atoms with van der Waals surface area (Å²) in [4.78, 5) is 16.6. The van der Waals surface area contributed by atoms with Crippen LogP contribution in [0.2, 0.25) is 0 Å². The molecule has 1 aromatic heterocycles. The van der Waals surface area contributed by atoms with Gasteiger partial charge in [0.2, 0.25) is 0 Å². The summed E-state index contributed by atoms with van der Waals surface area (Å²) in [6.07, 6.45) is 11.0. The molecule has 3 nitrogen and oxygen atoms in total. The molecule has 4 rings (SSSR count). The Labute approximate surface area is 166 Å². The lowest BCUT2D eigenvalue weighted by atomic mass is 9.84. The summed E-state index contributed by atoms with van der Waals surface area (Å²) < 4.78 is 0. The van der Waals surface area contributed by atoms with E-state index in [1.807, 2.05) is 48.8 Å². The molecule has 0 spiro atoms. The summed E-state index contributed by atoms with van der Waals surface area (Å²) in [7, 11) is 0. The number of rotatable bonds is 5. The minimum atomic E-state index is -0.0583. The summed E-state index contributed by atoms with van der Waals surface area (Å²) in [6.45, 7) is 0. The van der Waals surface area contributed by atoms with Gasteiger partial charge in [0.1, 0.15) is 0 Å². The summed E-state index contributed by atoms with van der Waals surface area (Å²) in [5.74, 6) is 0.607. The molecule has 1 saturated carbocycles. The van der Waals surface area contributed by atoms with Crippen molar-refractivity contribution < 1.29 is 4.79 Å². The molecular formula is C25H26N2O. The lowest BCUT2D eigenvalue weighted by Crippen LogP contribution is -2.12. The van der Waals surface area contributed by atoms with Crippen molar-refractivity contribution >= 4 is 11.6 Å². The molecule has 0 unspecified atom stereocenters. The van der Waals surface area contributed by atoms with Crippen molar-refractivity contribution in [2.24, 2.45) is 0 Å². The van der Waals surface area contributed by atoms with Crippen LogP contribution in [-0.4, -0.2) is 10.9 Å². The number of hydrogen-bond donors (Lipinski definition) is 1. The highest BCUT2D eigenvalue weighted by atomic mass is 16.1. The first kappa shape index (κ1) is 18.4. The molecule has 1 fully saturated rings. The van der Waals surface area contributed by atoms with E-state index in [9.17, 15) is 4.79 Å². The molecule has 0 aliphatic heterocycles. The van der Waals surface area contributed by atoms with Gasteiger partial charge in [-0.15, -0.1) is 0 Å². The fraction of sp³-hybridized carbons (Fsp3) is 0.280. The van der Waals surface area contributed by atoms with E-state index in [2.05, 4.69) is 34.6 Å². The summed E-state index contributed by atoms with van der Waals surface area (Å²) in [6, 6.07) is 20.2. The molecule has 0 saturated heterocycles. The van der Waals surface area contributed by atoms with E-state index in [0.717, 1.165) is 12.1 Å². The molecular weight excluding hydrogens is 344 g/mol. The first-order valence-electron chi connectivity index (χ1n) is 10.2. The minimum Gasteiger partial charge on any atom is -0.322 e. The van der Waals surface area contributed by atoms with Crippen molar-refractivity contribution in [3.63, 3.8) is 0 Å². The number of anilines is 1. The number of hydrogen-bond acceptors (Lipinski definition) is 2. The van der Waals surface area contributed by atoms with Crippen molar-refractivity contribution in [2.45, 2.75) is 44.4 Å². The van der Waals surface area contributed by atoms with Gasteiger partial charge in [-0.1, -0.05) is 43.5 Å². The van der Waals surface area contributed by atoms with Crippen LogP contribution in [0.4, 0.5) is 5.69 Å². The monoisotopic (exact) mass is 370 g/mol. The smallest absolute Gasteiger partial charge is 0.255 e. The molecule has 3 heteroatoms. The van der Waals surface area contributed by atoms with Gasteiger partial charge in [-0.3, -0.25) is 9.78 Å². The number of benzene rings is 2. The van der Waals surface area contributed by atoms with Crippen LogP contribution >= 0.6 is 0 Å². The van der Waals surface area contributed by atoms with E-state index in [1.54, 1.807) is 0 Å². The topological polar surface area (TPSA) is 42.0 Å². The summed E-state index contributed by atoms with van der Waals surface area (Å²) >= 11 is 0. The molecule has 28 heavy (non-hydrogen) atoms. The summed E-state index contributed by atoms with van der Waals surface area (Å²) in [5.41, 5.74) is 5.34. The second-order valence-electron chi connectivity index (χ2n) is 7.64. The zero-order valence-corrected chi connectivity index (χ0v) is 16.1. The van der Waals surface area contributed by atoms with Crippen LogP contribution in [-0.2, 0) is 6.42 Å². The maximum atomic E-state index is 12.6. The zero-order chi connectivity index (χ0) is 19.2. The molecule has 2 aromatic carbocycles. The van der Waals surface area contributed by atoms with Gasteiger partial charge >= 0.3 is 0 Å². The molecule has 3 aromatic rings. The molecule has 1 aliphatic rings. The van der Waals surface area contributed by atoms with Crippen LogP contribution in [0.3, 0.4) is 0 Å². The van der Waals surface area contributed by atoms with Gasteiger partial charge in [-0.25, -0.2) is 0 Å². The first-order valence-corrected chi connectivity index (χ1v) is 10.2. The van der Waals surface area contributed by atoms with Gasteiger partial charge in [0.05, 0.1) is 0 Å². The minimum absolute atomic E-state index is 0.0583. The molecule has 1 N–H and O–H groups in total. The largest absolute Gasteiger partial charge is 0.322 e. The van der Waals surface area contributed by atoms with Crippen molar-refractivity contribution in [2.75, 3.05) is 5.32 Å². The van der Waals surface area contributed by atoms with Crippen LogP contribution in [0.15, 0.2) is 73.1 Å². The molecule has 142 valence electrons. The van der Waals surface area contributed by atoms with E-state index in [0.29, 0.717) is 11.5 Å². The Morgan fingerprint density at radius 2 is 1.46 bits per heavy atom. The van der Waals surface area contributed by atoms with Gasteiger partial charge in [0, 0.05) is 23.6 Å². The average molecular weight is 370 g/mol. The highest BCUT2D eigenvalue weighted by molar-refractivity contribution is 6.04. The predicted octanol–water partition coefficient (Wildman–Crippen LogP) is 5.97. The average Bonchev–Trinajstić information content (AvgIpc) is 2.76. The van der Waals surface area contributed by atoms with Gasteiger partial charge in [0.15, 0.2) is 0 Å². The Bertz CT molecular complexity index is 896. The quantitative estimate of drug-likeness (QED) is 0.601. The SMILES string of the molecule is O=C(Nc1ccc(Cc2ccncc2)cc1)c1ccc(C2CCCCC2)cc1. The Morgan fingerprint density at radius 3 is 2.14 bits per heavy atom. The van der Waals surface area contributed by atoms with Crippen LogP contribution < -0.4 is 5.32 Å². The van der Waals surface area contributed by atoms with Crippen LogP contribution in [0.25, 0.3) is 0 Å². The Hall–Kier alpha value is -2.94. The van der Waals surface area contributed by atoms with E-state index >= 15 is 0 Å². The molecule has 1 amide bonds. The van der Waals surface area contributed by atoms with E-state index in [-0.39, 0.29) is 5.91 Å². The van der Waals surface area contributed by atoms with Gasteiger partial charge in [-0.05, 0) is 78.3 Å². The van der Waals surface area contributed by atoms with E-state index in [4.69, 9.17) is 0 Å². The Kier molecular flexibility index (Phi) is 5.81. The number of pyridine rings is 1. The standard InChI is InChI=1S/C25H26N2O/c28-25(23-10-8-22(9-11-23)21-4-2-1-3-5-21)27-24-12-6-19(7-13-24)18-20-14-16-26-17-15-20/h6-17,21H,1-5,18H2,(H,27,28). The molecule has 0 radical (unpaired) electrons. The van der Waals surface area contributed by atoms with Crippen molar-refractivity contribution in [3.05, 3.63) is 95.3 Å². The maximum absolute atomic E-state index is 12.6. The Balaban J connectivity index is 1.36. The number of amides is 1. The van der Waals surface area contributed by atoms with Crippen LogP contribution in [0, 0.1) is 0 Å². The number of nitrogens with zero attached hydrogens (tertiary/aromatic N) is 1. The first-order chi connectivity index (χ1) is 13.8. The van der Waals surface area contributed by atoms with E-state index < -0.39 is 0 Å². The summed E-state index contributed by atoms with van der Waals surface area (Å²) in [5, 5.41) is 3.00. The third-order valence-corrected chi connectivity index (χ3v) is 5.62.